The maximum absolute atomic E-state index is 12.6. The van der Waals surface area contributed by atoms with E-state index in [2.05, 4.69) is 36.2 Å². The lowest BCUT2D eigenvalue weighted by molar-refractivity contribution is -0.133. The van der Waals surface area contributed by atoms with Crippen LogP contribution in [-0.2, 0) is 4.79 Å². The van der Waals surface area contributed by atoms with Gasteiger partial charge < -0.3 is 14.4 Å². The molecule has 1 aliphatic rings. The zero-order valence-electron chi connectivity index (χ0n) is 18.0. The van der Waals surface area contributed by atoms with Crippen molar-refractivity contribution in [2.45, 2.75) is 43.6 Å². The van der Waals surface area contributed by atoms with Crippen LogP contribution in [0.15, 0.2) is 47.4 Å². The largest absolute Gasteiger partial charge is 0.497 e. The number of hydrogen-bond donors (Lipinski definition) is 0. The van der Waals surface area contributed by atoms with Gasteiger partial charge in [-0.2, -0.15) is 0 Å². The molecule has 4 rings (SSSR count). The molecule has 1 saturated heterocycles. The van der Waals surface area contributed by atoms with Crippen molar-refractivity contribution < 1.29 is 14.3 Å². The first kappa shape index (κ1) is 22.0. The Labute approximate surface area is 191 Å². The summed E-state index contributed by atoms with van der Waals surface area (Å²) < 4.78 is 12.5. The highest BCUT2D eigenvalue weighted by molar-refractivity contribution is 7.99. The average molecular weight is 457 g/mol. The molecule has 0 N–H and O–H groups in total. The number of likely N-dealkylation sites (tertiary alicyclic amines) is 1. The third-order valence-electron chi connectivity index (χ3n) is 5.46. The Morgan fingerprint density at radius 3 is 2.71 bits per heavy atom. The number of aromatic nitrogens is 1. The van der Waals surface area contributed by atoms with E-state index in [4.69, 9.17) is 9.47 Å². The SMILES string of the molecule is COc1ccc2nc(OC3CCN(C(=O)CCCSc4ccc(C)cc4)CC3)sc2c1. The van der Waals surface area contributed by atoms with Crippen molar-refractivity contribution in [2.75, 3.05) is 26.0 Å². The number of carbonyl (C=O) groups is 1. The molecular weight excluding hydrogens is 428 g/mol. The lowest BCUT2D eigenvalue weighted by atomic mass is 10.1. The van der Waals surface area contributed by atoms with Crippen molar-refractivity contribution in [1.29, 1.82) is 0 Å². The smallest absolute Gasteiger partial charge is 0.274 e. The van der Waals surface area contributed by atoms with E-state index in [1.807, 2.05) is 34.9 Å². The second-order valence-electron chi connectivity index (χ2n) is 7.78. The molecule has 164 valence electrons. The van der Waals surface area contributed by atoms with Gasteiger partial charge in [0.25, 0.3) is 5.19 Å². The van der Waals surface area contributed by atoms with Gasteiger partial charge in [0, 0.05) is 37.2 Å². The maximum Gasteiger partial charge on any atom is 0.274 e. The van der Waals surface area contributed by atoms with Crippen molar-refractivity contribution in [3.8, 4) is 10.9 Å². The van der Waals surface area contributed by atoms with Gasteiger partial charge in [0.05, 0.1) is 17.3 Å². The third kappa shape index (κ3) is 5.92. The second-order valence-corrected chi connectivity index (χ2v) is 9.94. The summed E-state index contributed by atoms with van der Waals surface area (Å²) in [7, 11) is 1.66. The summed E-state index contributed by atoms with van der Waals surface area (Å²) in [5.41, 5.74) is 2.20. The molecule has 0 aliphatic carbocycles. The number of thioether (sulfide) groups is 1. The van der Waals surface area contributed by atoms with Gasteiger partial charge in [-0.25, -0.2) is 4.98 Å². The van der Waals surface area contributed by atoms with E-state index < -0.39 is 0 Å². The molecule has 1 aromatic heterocycles. The van der Waals surface area contributed by atoms with Gasteiger partial charge in [0.1, 0.15) is 11.9 Å². The van der Waals surface area contributed by atoms with E-state index in [1.165, 1.54) is 10.5 Å². The minimum absolute atomic E-state index is 0.114. The summed E-state index contributed by atoms with van der Waals surface area (Å²) in [6.45, 7) is 3.61. The highest BCUT2D eigenvalue weighted by atomic mass is 32.2. The van der Waals surface area contributed by atoms with Crippen LogP contribution in [-0.4, -0.2) is 47.8 Å². The van der Waals surface area contributed by atoms with Crippen molar-refractivity contribution in [3.05, 3.63) is 48.0 Å². The Bertz CT molecular complexity index is 1010. The van der Waals surface area contributed by atoms with Gasteiger partial charge in [-0.15, -0.1) is 11.8 Å². The highest BCUT2D eigenvalue weighted by Crippen LogP contribution is 2.32. The van der Waals surface area contributed by atoms with Crippen LogP contribution in [0.5, 0.6) is 10.9 Å². The molecule has 31 heavy (non-hydrogen) atoms. The third-order valence-corrected chi connectivity index (χ3v) is 7.47. The van der Waals surface area contributed by atoms with Crippen LogP contribution in [0.1, 0.15) is 31.2 Å². The first-order chi connectivity index (χ1) is 15.1. The molecule has 0 saturated carbocycles. The molecule has 2 heterocycles. The Balaban J connectivity index is 1.18. The van der Waals surface area contributed by atoms with Gasteiger partial charge in [0.2, 0.25) is 5.91 Å². The first-order valence-corrected chi connectivity index (χ1v) is 12.5. The van der Waals surface area contributed by atoms with E-state index in [-0.39, 0.29) is 12.0 Å². The second kappa shape index (κ2) is 10.4. The van der Waals surface area contributed by atoms with Crippen molar-refractivity contribution >= 4 is 39.2 Å². The molecule has 0 atom stereocenters. The summed E-state index contributed by atoms with van der Waals surface area (Å²) >= 11 is 3.36. The van der Waals surface area contributed by atoms with Gasteiger partial charge in [0.15, 0.2) is 0 Å². The molecule has 5 nitrogen and oxygen atoms in total. The number of methoxy groups -OCH3 is 1. The summed E-state index contributed by atoms with van der Waals surface area (Å²) in [6.07, 6.45) is 3.34. The molecule has 3 aromatic rings. The van der Waals surface area contributed by atoms with Crippen molar-refractivity contribution in [3.63, 3.8) is 0 Å². The van der Waals surface area contributed by atoms with E-state index in [0.29, 0.717) is 11.6 Å². The normalized spacial score (nSPS) is 14.7. The molecule has 1 fully saturated rings. The van der Waals surface area contributed by atoms with Crippen LogP contribution >= 0.6 is 23.1 Å². The number of aryl methyl sites for hydroxylation is 1. The number of rotatable bonds is 8. The number of carbonyl (C=O) groups excluding carboxylic acids is 1. The zero-order valence-corrected chi connectivity index (χ0v) is 19.6. The van der Waals surface area contributed by atoms with E-state index in [0.717, 1.165) is 54.1 Å². The minimum atomic E-state index is 0.114. The maximum atomic E-state index is 12.6. The number of benzene rings is 2. The van der Waals surface area contributed by atoms with Crippen LogP contribution < -0.4 is 9.47 Å². The molecule has 0 bridgehead atoms. The van der Waals surface area contributed by atoms with Crippen molar-refractivity contribution in [1.82, 2.24) is 9.88 Å². The Hall–Kier alpha value is -2.25. The molecule has 1 amide bonds. The quantitative estimate of drug-likeness (QED) is 0.328. The van der Waals surface area contributed by atoms with Gasteiger partial charge >= 0.3 is 0 Å². The first-order valence-electron chi connectivity index (χ1n) is 10.7. The summed E-state index contributed by atoms with van der Waals surface area (Å²) in [4.78, 5) is 20.4. The fourth-order valence-electron chi connectivity index (χ4n) is 3.63. The average Bonchev–Trinajstić information content (AvgIpc) is 3.19. The molecule has 2 aromatic carbocycles. The highest BCUT2D eigenvalue weighted by Gasteiger charge is 2.24. The topological polar surface area (TPSA) is 51.7 Å². The summed E-state index contributed by atoms with van der Waals surface area (Å²) in [6, 6.07) is 14.4. The van der Waals surface area contributed by atoms with Crippen molar-refractivity contribution in [2.24, 2.45) is 0 Å². The Kier molecular flexibility index (Phi) is 7.35. The minimum Gasteiger partial charge on any atom is -0.497 e. The molecule has 0 spiro atoms. The lowest BCUT2D eigenvalue weighted by Crippen LogP contribution is -2.41. The summed E-state index contributed by atoms with van der Waals surface area (Å²) in [5, 5.41) is 0.696. The number of fused-ring (bicyclic) bond motifs is 1. The lowest BCUT2D eigenvalue weighted by Gasteiger charge is -2.31. The van der Waals surface area contributed by atoms with Gasteiger partial charge in [-0.1, -0.05) is 29.0 Å². The molecular formula is C24H28N2O3S2. The fraction of sp³-hybridized carbons (Fsp3) is 0.417. The summed E-state index contributed by atoms with van der Waals surface area (Å²) in [5.74, 6) is 2.05. The van der Waals surface area contributed by atoms with Crippen LogP contribution in [0.2, 0.25) is 0 Å². The van der Waals surface area contributed by atoms with Crippen LogP contribution in [0.25, 0.3) is 10.2 Å². The Morgan fingerprint density at radius 1 is 1.19 bits per heavy atom. The van der Waals surface area contributed by atoms with E-state index in [1.54, 1.807) is 18.4 Å². The zero-order chi connectivity index (χ0) is 21.6. The fourth-order valence-corrected chi connectivity index (χ4v) is 5.40. The number of amides is 1. The molecule has 7 heteroatoms. The number of thiazole rings is 1. The molecule has 0 radical (unpaired) electrons. The van der Waals surface area contributed by atoms with Crippen LogP contribution in [0, 0.1) is 6.92 Å². The van der Waals surface area contributed by atoms with Gasteiger partial charge in [-0.05, 0) is 49.4 Å². The molecule has 0 unspecified atom stereocenters. The standard InChI is InChI=1S/C24H28N2O3S2/c1-17-5-8-20(9-6-17)30-15-3-4-23(27)26-13-11-18(12-14-26)29-24-25-21-10-7-19(28-2)16-22(21)31-24/h5-10,16,18H,3-4,11-15H2,1-2H3. The number of nitrogens with zero attached hydrogens (tertiary/aromatic N) is 2. The molecule has 1 aliphatic heterocycles. The Morgan fingerprint density at radius 2 is 1.97 bits per heavy atom. The predicted octanol–water partition coefficient (Wildman–Crippen LogP) is 5.56. The van der Waals surface area contributed by atoms with Crippen LogP contribution in [0.3, 0.4) is 0 Å². The predicted molar refractivity (Wildman–Crippen MR) is 128 cm³/mol. The number of ether oxygens (including phenoxy) is 2. The van der Waals surface area contributed by atoms with E-state index in [9.17, 15) is 4.79 Å². The van der Waals surface area contributed by atoms with Gasteiger partial charge in [-0.3, -0.25) is 4.79 Å². The number of piperidine rings is 1. The van der Waals surface area contributed by atoms with Crippen LogP contribution in [0.4, 0.5) is 0 Å². The van der Waals surface area contributed by atoms with E-state index >= 15 is 0 Å². The number of hydrogen-bond acceptors (Lipinski definition) is 6. The monoisotopic (exact) mass is 456 g/mol.